The normalized spacial score (nSPS) is 17.7. The second-order valence-electron chi connectivity index (χ2n) is 4.77. The standard InChI is InChI=1S/C11H21N7/c1-18-4-2-8(3-5-18)7-14-9-6-10(17-13)16-11(12)15-9/h6,8H,2-5,7,13H2,1H3,(H4,12,14,15,16,17). The van der Waals surface area contributed by atoms with Gasteiger partial charge in [-0.15, -0.1) is 0 Å². The first-order valence-electron chi connectivity index (χ1n) is 6.21. The molecule has 7 nitrogen and oxygen atoms in total. The van der Waals surface area contributed by atoms with E-state index in [2.05, 4.69) is 32.7 Å². The second-order valence-corrected chi connectivity index (χ2v) is 4.77. The minimum absolute atomic E-state index is 0.219. The number of rotatable bonds is 4. The number of likely N-dealkylation sites (tertiary alicyclic amines) is 1. The lowest BCUT2D eigenvalue weighted by Gasteiger charge is -2.29. The number of hydrazine groups is 1. The number of aromatic nitrogens is 2. The lowest BCUT2D eigenvalue weighted by Crippen LogP contribution is -2.33. The molecule has 0 bridgehead atoms. The van der Waals surface area contributed by atoms with Crippen LogP contribution in [0.2, 0.25) is 0 Å². The van der Waals surface area contributed by atoms with Gasteiger partial charge in [0.2, 0.25) is 5.95 Å². The summed E-state index contributed by atoms with van der Waals surface area (Å²) in [6, 6.07) is 1.76. The fraction of sp³-hybridized carbons (Fsp3) is 0.636. The molecule has 1 saturated heterocycles. The molecule has 0 aliphatic carbocycles. The highest BCUT2D eigenvalue weighted by atomic mass is 15.3. The largest absolute Gasteiger partial charge is 0.370 e. The van der Waals surface area contributed by atoms with Crippen molar-refractivity contribution in [1.82, 2.24) is 14.9 Å². The molecule has 1 aromatic heterocycles. The molecule has 0 aromatic carbocycles. The first kappa shape index (κ1) is 12.8. The van der Waals surface area contributed by atoms with Crippen molar-refractivity contribution in [1.29, 1.82) is 0 Å². The number of piperidine rings is 1. The summed E-state index contributed by atoms with van der Waals surface area (Å²) in [7, 11) is 2.16. The van der Waals surface area contributed by atoms with Crippen LogP contribution < -0.4 is 22.3 Å². The van der Waals surface area contributed by atoms with Crippen LogP contribution >= 0.6 is 0 Å². The fourth-order valence-electron chi connectivity index (χ4n) is 2.15. The van der Waals surface area contributed by atoms with Crippen LogP contribution in [0.25, 0.3) is 0 Å². The first-order chi connectivity index (χ1) is 8.67. The second kappa shape index (κ2) is 5.83. The van der Waals surface area contributed by atoms with Gasteiger partial charge in [0, 0.05) is 12.6 Å². The molecule has 0 atom stereocenters. The van der Waals surface area contributed by atoms with E-state index in [1.807, 2.05) is 0 Å². The summed E-state index contributed by atoms with van der Waals surface area (Å²) in [5, 5.41) is 3.30. The van der Waals surface area contributed by atoms with E-state index in [0.717, 1.165) is 25.5 Å². The topological polar surface area (TPSA) is 105 Å². The van der Waals surface area contributed by atoms with Crippen molar-refractivity contribution in [3.63, 3.8) is 0 Å². The van der Waals surface area contributed by atoms with E-state index in [1.54, 1.807) is 6.07 Å². The summed E-state index contributed by atoms with van der Waals surface area (Å²) >= 11 is 0. The zero-order valence-corrected chi connectivity index (χ0v) is 10.7. The number of hydrogen-bond acceptors (Lipinski definition) is 7. The molecule has 1 aliphatic heterocycles. The number of hydrogen-bond donors (Lipinski definition) is 4. The monoisotopic (exact) mass is 251 g/mol. The van der Waals surface area contributed by atoms with Gasteiger partial charge in [-0.25, -0.2) is 5.84 Å². The summed E-state index contributed by atoms with van der Waals surface area (Å²) in [4.78, 5) is 10.4. The van der Waals surface area contributed by atoms with E-state index < -0.39 is 0 Å². The predicted molar refractivity (Wildman–Crippen MR) is 73.0 cm³/mol. The SMILES string of the molecule is CN1CCC(CNc2cc(NN)nc(N)n2)CC1. The van der Waals surface area contributed by atoms with Crippen molar-refractivity contribution < 1.29 is 0 Å². The van der Waals surface area contributed by atoms with Crippen molar-refractivity contribution >= 4 is 17.6 Å². The highest BCUT2D eigenvalue weighted by molar-refractivity contribution is 5.50. The molecule has 0 unspecified atom stereocenters. The van der Waals surface area contributed by atoms with E-state index in [4.69, 9.17) is 11.6 Å². The summed E-state index contributed by atoms with van der Waals surface area (Å²) < 4.78 is 0. The molecule has 1 aromatic rings. The van der Waals surface area contributed by atoms with Crippen LogP contribution in [0.4, 0.5) is 17.6 Å². The molecular formula is C11H21N7. The van der Waals surface area contributed by atoms with Crippen molar-refractivity contribution in [3.8, 4) is 0 Å². The molecule has 0 radical (unpaired) electrons. The molecule has 0 saturated carbocycles. The number of nitrogen functional groups attached to an aromatic ring is 2. The van der Waals surface area contributed by atoms with E-state index >= 15 is 0 Å². The Balaban J connectivity index is 1.88. The lowest BCUT2D eigenvalue weighted by molar-refractivity contribution is 0.226. The highest BCUT2D eigenvalue weighted by Gasteiger charge is 2.16. The number of anilines is 3. The third kappa shape index (κ3) is 3.44. The Bertz CT molecular complexity index is 387. The van der Waals surface area contributed by atoms with E-state index in [1.165, 1.54) is 12.8 Å². The molecule has 2 rings (SSSR count). The Labute approximate surface area is 107 Å². The van der Waals surface area contributed by atoms with Gasteiger partial charge in [-0.2, -0.15) is 9.97 Å². The number of nitrogens with zero attached hydrogens (tertiary/aromatic N) is 3. The average Bonchev–Trinajstić information content (AvgIpc) is 2.37. The maximum Gasteiger partial charge on any atom is 0.223 e. The van der Waals surface area contributed by atoms with Crippen LogP contribution in [0.3, 0.4) is 0 Å². The molecule has 0 amide bonds. The van der Waals surface area contributed by atoms with Gasteiger partial charge >= 0.3 is 0 Å². The van der Waals surface area contributed by atoms with Crippen molar-refractivity contribution in [3.05, 3.63) is 6.07 Å². The molecule has 0 spiro atoms. The van der Waals surface area contributed by atoms with Crippen LogP contribution in [-0.2, 0) is 0 Å². The van der Waals surface area contributed by atoms with E-state index in [-0.39, 0.29) is 5.95 Å². The third-order valence-corrected chi connectivity index (χ3v) is 3.30. The molecule has 6 N–H and O–H groups in total. The molecule has 18 heavy (non-hydrogen) atoms. The van der Waals surface area contributed by atoms with Crippen LogP contribution in [0.1, 0.15) is 12.8 Å². The summed E-state index contributed by atoms with van der Waals surface area (Å²) in [5.41, 5.74) is 8.07. The smallest absolute Gasteiger partial charge is 0.223 e. The molecule has 7 heteroatoms. The molecule has 100 valence electrons. The van der Waals surface area contributed by atoms with Gasteiger partial charge in [-0.3, -0.25) is 0 Å². The summed E-state index contributed by atoms with van der Waals surface area (Å²) in [5.74, 6) is 7.46. The Morgan fingerprint density at radius 2 is 2.00 bits per heavy atom. The van der Waals surface area contributed by atoms with Gasteiger partial charge in [-0.1, -0.05) is 0 Å². The maximum absolute atomic E-state index is 5.60. The van der Waals surface area contributed by atoms with Gasteiger partial charge in [0.15, 0.2) is 0 Å². The molecule has 1 fully saturated rings. The van der Waals surface area contributed by atoms with Gasteiger partial charge in [0.25, 0.3) is 0 Å². The van der Waals surface area contributed by atoms with Gasteiger partial charge in [0.1, 0.15) is 11.6 Å². The first-order valence-corrected chi connectivity index (χ1v) is 6.21. The summed E-state index contributed by atoms with van der Waals surface area (Å²) in [6.45, 7) is 3.23. The van der Waals surface area contributed by atoms with Gasteiger partial charge in [-0.05, 0) is 38.9 Å². The molecular weight excluding hydrogens is 230 g/mol. The van der Waals surface area contributed by atoms with Crippen LogP contribution in [-0.4, -0.2) is 41.5 Å². The van der Waals surface area contributed by atoms with Crippen LogP contribution in [0.15, 0.2) is 6.07 Å². The van der Waals surface area contributed by atoms with Crippen LogP contribution in [0, 0.1) is 5.92 Å². The fourth-order valence-corrected chi connectivity index (χ4v) is 2.15. The zero-order chi connectivity index (χ0) is 13.0. The molecule has 1 aliphatic rings. The predicted octanol–water partition coefficient (Wildman–Crippen LogP) is 0.0981. The van der Waals surface area contributed by atoms with Crippen LogP contribution in [0.5, 0.6) is 0 Å². The molecule has 2 heterocycles. The minimum atomic E-state index is 0.219. The Morgan fingerprint density at radius 3 is 2.67 bits per heavy atom. The Morgan fingerprint density at radius 1 is 1.33 bits per heavy atom. The summed E-state index contributed by atoms with van der Waals surface area (Å²) in [6.07, 6.45) is 2.43. The minimum Gasteiger partial charge on any atom is -0.370 e. The van der Waals surface area contributed by atoms with Crippen molar-refractivity contribution in [2.45, 2.75) is 12.8 Å². The quantitative estimate of drug-likeness (QED) is 0.444. The maximum atomic E-state index is 5.60. The van der Waals surface area contributed by atoms with E-state index in [9.17, 15) is 0 Å². The lowest BCUT2D eigenvalue weighted by atomic mass is 9.97. The van der Waals surface area contributed by atoms with E-state index in [0.29, 0.717) is 11.7 Å². The van der Waals surface area contributed by atoms with Crippen molar-refractivity contribution in [2.24, 2.45) is 11.8 Å². The zero-order valence-electron chi connectivity index (χ0n) is 10.7. The Kier molecular flexibility index (Phi) is 4.16. The van der Waals surface area contributed by atoms with Crippen molar-refractivity contribution in [2.75, 3.05) is 43.2 Å². The third-order valence-electron chi connectivity index (χ3n) is 3.30. The highest BCUT2D eigenvalue weighted by Crippen LogP contribution is 2.17. The van der Waals surface area contributed by atoms with Gasteiger partial charge in [0.05, 0.1) is 0 Å². The Hall–Kier alpha value is -1.60. The number of nitrogens with two attached hydrogens (primary N) is 2. The number of nitrogens with one attached hydrogen (secondary N) is 2. The average molecular weight is 251 g/mol. The van der Waals surface area contributed by atoms with Gasteiger partial charge < -0.3 is 21.4 Å².